The van der Waals surface area contributed by atoms with E-state index in [9.17, 15) is 18.8 Å². The highest BCUT2D eigenvalue weighted by molar-refractivity contribution is 7.18. The molecule has 154 valence electrons. The molecular formula is C18H25FN4O4S. The number of alkyl halides is 1. The Morgan fingerprint density at radius 3 is 2.54 bits per heavy atom. The highest BCUT2D eigenvalue weighted by Crippen LogP contribution is 2.29. The van der Waals surface area contributed by atoms with Crippen LogP contribution in [0.2, 0.25) is 0 Å². The first-order valence-corrected chi connectivity index (χ1v) is 9.92. The maximum atomic E-state index is 14.3. The van der Waals surface area contributed by atoms with Crippen molar-refractivity contribution >= 4 is 27.6 Å². The lowest BCUT2D eigenvalue weighted by atomic mass is 10.1. The van der Waals surface area contributed by atoms with Crippen LogP contribution in [0.4, 0.5) is 9.18 Å². The van der Waals surface area contributed by atoms with Crippen molar-refractivity contribution in [3.05, 3.63) is 31.3 Å². The Bertz CT molecular complexity index is 1020. The molecule has 0 unspecified atom stereocenters. The summed E-state index contributed by atoms with van der Waals surface area (Å²) in [5.41, 5.74) is -2.03. The Balaban J connectivity index is 2.19. The van der Waals surface area contributed by atoms with Crippen LogP contribution in [0.1, 0.15) is 24.3 Å². The minimum Gasteiger partial charge on any atom is -0.383 e. The molecule has 3 rings (SSSR count). The molecule has 8 nitrogen and oxygen atoms in total. The number of nitrogens with zero attached hydrogens (tertiary/aromatic N) is 3. The van der Waals surface area contributed by atoms with Crippen molar-refractivity contribution in [2.24, 2.45) is 0 Å². The molecule has 0 atom stereocenters. The number of hydrogen-bond donors (Lipinski definition) is 1. The van der Waals surface area contributed by atoms with Gasteiger partial charge in [0.05, 0.1) is 31.6 Å². The zero-order valence-corrected chi connectivity index (χ0v) is 17.3. The maximum Gasteiger partial charge on any atom is 0.332 e. The van der Waals surface area contributed by atoms with E-state index in [2.05, 4.69) is 5.32 Å². The zero-order valence-electron chi connectivity index (χ0n) is 16.5. The molecule has 2 amide bonds. The second-order valence-electron chi connectivity index (χ2n) is 7.52. The van der Waals surface area contributed by atoms with Gasteiger partial charge in [-0.3, -0.25) is 13.9 Å². The Labute approximate surface area is 165 Å². The van der Waals surface area contributed by atoms with E-state index in [1.807, 2.05) is 0 Å². The molecule has 1 fully saturated rings. The predicted octanol–water partition coefficient (Wildman–Crippen LogP) is 1.45. The van der Waals surface area contributed by atoms with Gasteiger partial charge in [-0.25, -0.2) is 14.0 Å². The molecular weight excluding hydrogens is 387 g/mol. The fourth-order valence-corrected chi connectivity index (χ4v) is 4.65. The standard InChI is InChI=1S/C18H25FN4O4S/c1-11-12(9-21-6-5-20-16(21)25)28-15-13(11)14(24)23(10-18(2,3)19)17(26)22(15)7-8-27-4/h5-10H2,1-4H3,(H,20,25). The minimum absolute atomic E-state index is 0.148. The van der Waals surface area contributed by atoms with Crippen LogP contribution in [0.15, 0.2) is 9.59 Å². The molecule has 1 saturated heterocycles. The number of hydrogen-bond acceptors (Lipinski definition) is 5. The van der Waals surface area contributed by atoms with Crippen LogP contribution in [0.25, 0.3) is 10.2 Å². The van der Waals surface area contributed by atoms with Crippen LogP contribution < -0.4 is 16.6 Å². The van der Waals surface area contributed by atoms with E-state index in [-0.39, 0.29) is 25.7 Å². The lowest BCUT2D eigenvalue weighted by Gasteiger charge is -2.17. The summed E-state index contributed by atoms with van der Waals surface area (Å²) < 4.78 is 21.8. The molecule has 0 bridgehead atoms. The van der Waals surface area contributed by atoms with E-state index in [0.29, 0.717) is 29.9 Å². The number of carbonyl (C=O) groups is 1. The van der Waals surface area contributed by atoms with Gasteiger partial charge in [-0.2, -0.15) is 0 Å². The maximum absolute atomic E-state index is 14.3. The lowest BCUT2D eigenvalue weighted by Crippen LogP contribution is -2.44. The molecule has 1 aliphatic rings. The molecule has 2 aromatic rings. The van der Waals surface area contributed by atoms with Crippen molar-refractivity contribution in [1.82, 2.24) is 19.4 Å². The highest BCUT2D eigenvalue weighted by atomic mass is 32.1. The molecule has 1 N–H and O–H groups in total. The summed E-state index contributed by atoms with van der Waals surface area (Å²) in [6.45, 7) is 6.22. The summed E-state index contributed by atoms with van der Waals surface area (Å²) in [7, 11) is 1.53. The number of rotatable bonds is 7. The van der Waals surface area contributed by atoms with Gasteiger partial charge in [0, 0.05) is 25.1 Å². The second-order valence-corrected chi connectivity index (χ2v) is 8.60. The zero-order chi connectivity index (χ0) is 20.6. The normalized spacial score (nSPS) is 14.9. The number of carbonyl (C=O) groups excluding carboxylic acids is 1. The van der Waals surface area contributed by atoms with E-state index in [4.69, 9.17) is 4.74 Å². The number of amides is 2. The third kappa shape index (κ3) is 3.83. The molecule has 10 heteroatoms. The number of ether oxygens (including phenoxy) is 1. The molecule has 0 radical (unpaired) electrons. The van der Waals surface area contributed by atoms with Crippen LogP contribution in [0.3, 0.4) is 0 Å². The van der Waals surface area contributed by atoms with Crippen LogP contribution in [-0.4, -0.2) is 52.5 Å². The first-order chi connectivity index (χ1) is 13.1. The first-order valence-electron chi connectivity index (χ1n) is 9.10. The van der Waals surface area contributed by atoms with Gasteiger partial charge in [0.2, 0.25) is 0 Å². The van der Waals surface area contributed by atoms with Gasteiger partial charge in [-0.15, -0.1) is 11.3 Å². The Kier molecular flexibility index (Phi) is 5.62. The largest absolute Gasteiger partial charge is 0.383 e. The third-order valence-corrected chi connectivity index (χ3v) is 6.03. The number of halogens is 1. The number of thiophene rings is 1. The number of methoxy groups -OCH3 is 1. The van der Waals surface area contributed by atoms with Gasteiger partial charge >= 0.3 is 11.7 Å². The summed E-state index contributed by atoms with van der Waals surface area (Å²) in [6.07, 6.45) is 0. The topological polar surface area (TPSA) is 85.6 Å². The van der Waals surface area contributed by atoms with Gasteiger partial charge in [-0.05, 0) is 26.3 Å². The molecule has 0 spiro atoms. The quantitative estimate of drug-likeness (QED) is 0.746. The highest BCUT2D eigenvalue weighted by Gasteiger charge is 2.26. The van der Waals surface area contributed by atoms with Crippen molar-refractivity contribution in [2.75, 3.05) is 26.8 Å². The Morgan fingerprint density at radius 1 is 1.25 bits per heavy atom. The number of aryl methyl sites for hydroxylation is 1. The fraction of sp³-hybridized carbons (Fsp3) is 0.611. The molecule has 0 aromatic carbocycles. The molecule has 0 saturated carbocycles. The SMILES string of the molecule is COCCn1c(=O)n(CC(C)(C)F)c(=O)c2c(C)c(CN3CCNC3=O)sc21. The Hall–Kier alpha value is -2.20. The van der Waals surface area contributed by atoms with Crippen molar-refractivity contribution in [2.45, 2.75) is 46.1 Å². The van der Waals surface area contributed by atoms with E-state index in [0.717, 1.165) is 15.0 Å². The van der Waals surface area contributed by atoms with Crippen LogP contribution in [-0.2, 0) is 24.4 Å². The summed E-state index contributed by atoms with van der Waals surface area (Å²) >= 11 is 1.32. The smallest absolute Gasteiger partial charge is 0.332 e. The van der Waals surface area contributed by atoms with E-state index in [1.165, 1.54) is 36.9 Å². The third-order valence-electron chi connectivity index (χ3n) is 4.73. The minimum atomic E-state index is -1.71. The van der Waals surface area contributed by atoms with Gasteiger partial charge in [0.1, 0.15) is 10.5 Å². The second kappa shape index (κ2) is 7.67. The average Bonchev–Trinajstić information content (AvgIpc) is 3.15. The predicted molar refractivity (Wildman–Crippen MR) is 106 cm³/mol. The first kappa shape index (κ1) is 20.5. The number of fused-ring (bicyclic) bond motifs is 1. The van der Waals surface area contributed by atoms with Gasteiger partial charge in [0.15, 0.2) is 0 Å². The molecule has 0 aliphatic carbocycles. The molecule has 28 heavy (non-hydrogen) atoms. The van der Waals surface area contributed by atoms with Crippen molar-refractivity contribution in [3.63, 3.8) is 0 Å². The number of nitrogens with one attached hydrogen (secondary N) is 1. The van der Waals surface area contributed by atoms with Gasteiger partial charge < -0.3 is 15.0 Å². The summed E-state index contributed by atoms with van der Waals surface area (Å²) in [6, 6.07) is -0.148. The molecule has 1 aliphatic heterocycles. The molecule has 3 heterocycles. The van der Waals surface area contributed by atoms with Crippen molar-refractivity contribution in [3.8, 4) is 0 Å². The van der Waals surface area contributed by atoms with Gasteiger partial charge in [0.25, 0.3) is 5.56 Å². The monoisotopic (exact) mass is 412 g/mol. The summed E-state index contributed by atoms with van der Waals surface area (Å²) in [5.74, 6) is 0. The van der Waals surface area contributed by atoms with Crippen molar-refractivity contribution < 1.29 is 13.9 Å². The van der Waals surface area contributed by atoms with Crippen LogP contribution in [0.5, 0.6) is 0 Å². The van der Waals surface area contributed by atoms with Crippen molar-refractivity contribution in [1.29, 1.82) is 0 Å². The van der Waals surface area contributed by atoms with E-state index >= 15 is 0 Å². The number of urea groups is 1. The van der Waals surface area contributed by atoms with E-state index in [1.54, 1.807) is 11.8 Å². The number of aromatic nitrogens is 2. The van der Waals surface area contributed by atoms with Crippen LogP contribution in [0, 0.1) is 6.92 Å². The molecule has 2 aromatic heterocycles. The van der Waals surface area contributed by atoms with E-state index < -0.39 is 16.9 Å². The Morgan fingerprint density at radius 2 is 1.96 bits per heavy atom. The fourth-order valence-electron chi connectivity index (χ4n) is 3.32. The summed E-state index contributed by atoms with van der Waals surface area (Å²) in [5, 5.41) is 3.15. The van der Waals surface area contributed by atoms with Crippen LogP contribution >= 0.6 is 11.3 Å². The lowest BCUT2D eigenvalue weighted by molar-refractivity contribution is 0.175. The van der Waals surface area contributed by atoms with Gasteiger partial charge in [-0.1, -0.05) is 0 Å². The summed E-state index contributed by atoms with van der Waals surface area (Å²) in [4.78, 5) is 40.9. The average molecular weight is 412 g/mol.